The summed E-state index contributed by atoms with van der Waals surface area (Å²) in [4.78, 5) is 16.7. The molecule has 0 unspecified atom stereocenters. The molecule has 1 aromatic heterocycles. The SMILES string of the molecule is COc1ccccc1CCNc1ccc(NC(=O)C2CCCCC2)cn1. The zero-order valence-electron chi connectivity index (χ0n) is 15.3. The van der Waals surface area contributed by atoms with Crippen molar-refractivity contribution >= 4 is 17.4 Å². The molecule has 1 aromatic carbocycles. The number of pyridine rings is 1. The maximum Gasteiger partial charge on any atom is 0.227 e. The van der Waals surface area contributed by atoms with Crippen LogP contribution in [0.2, 0.25) is 0 Å². The van der Waals surface area contributed by atoms with Crippen LogP contribution in [-0.4, -0.2) is 24.5 Å². The van der Waals surface area contributed by atoms with Crippen LogP contribution < -0.4 is 15.4 Å². The predicted octanol–water partition coefficient (Wildman–Crippen LogP) is 4.26. The number of nitrogens with one attached hydrogen (secondary N) is 2. The molecular formula is C21H27N3O2. The van der Waals surface area contributed by atoms with E-state index in [4.69, 9.17) is 4.74 Å². The topological polar surface area (TPSA) is 63.2 Å². The molecular weight excluding hydrogens is 326 g/mol. The van der Waals surface area contributed by atoms with Crippen molar-refractivity contribution in [3.05, 3.63) is 48.2 Å². The lowest BCUT2D eigenvalue weighted by atomic mass is 9.88. The van der Waals surface area contributed by atoms with Gasteiger partial charge in [0.2, 0.25) is 5.91 Å². The molecule has 2 N–H and O–H groups in total. The van der Waals surface area contributed by atoms with Crippen molar-refractivity contribution in [3.8, 4) is 5.75 Å². The van der Waals surface area contributed by atoms with Crippen molar-refractivity contribution in [3.63, 3.8) is 0 Å². The number of ether oxygens (including phenoxy) is 1. The number of amides is 1. The van der Waals surface area contributed by atoms with Gasteiger partial charge in [0, 0.05) is 12.5 Å². The van der Waals surface area contributed by atoms with E-state index in [9.17, 15) is 4.79 Å². The summed E-state index contributed by atoms with van der Waals surface area (Å²) in [5.74, 6) is 1.99. The average Bonchev–Trinajstić information content (AvgIpc) is 2.70. The molecule has 1 aliphatic rings. The zero-order valence-corrected chi connectivity index (χ0v) is 15.3. The Labute approximate surface area is 155 Å². The molecule has 0 radical (unpaired) electrons. The summed E-state index contributed by atoms with van der Waals surface area (Å²) in [6.45, 7) is 0.765. The fourth-order valence-corrected chi connectivity index (χ4v) is 3.42. The van der Waals surface area contributed by atoms with Gasteiger partial charge in [0.25, 0.3) is 0 Å². The van der Waals surface area contributed by atoms with E-state index in [1.54, 1.807) is 13.3 Å². The van der Waals surface area contributed by atoms with Crippen molar-refractivity contribution in [1.29, 1.82) is 0 Å². The standard InChI is InChI=1S/C21H27N3O2/c1-26-19-10-6-5-7-16(19)13-14-22-20-12-11-18(15-23-20)24-21(25)17-8-3-2-4-9-17/h5-7,10-12,15,17H,2-4,8-9,13-14H2,1H3,(H,22,23)(H,24,25). The first-order valence-corrected chi connectivity index (χ1v) is 9.39. The highest BCUT2D eigenvalue weighted by atomic mass is 16.5. The summed E-state index contributed by atoms with van der Waals surface area (Å²) in [5.41, 5.74) is 1.93. The van der Waals surface area contributed by atoms with E-state index < -0.39 is 0 Å². The first-order valence-electron chi connectivity index (χ1n) is 9.39. The average molecular weight is 353 g/mol. The van der Waals surface area contributed by atoms with Crippen molar-refractivity contribution < 1.29 is 9.53 Å². The second kappa shape index (κ2) is 9.22. The normalized spacial score (nSPS) is 14.7. The Morgan fingerprint density at radius 1 is 1.15 bits per heavy atom. The van der Waals surface area contributed by atoms with E-state index in [2.05, 4.69) is 21.7 Å². The van der Waals surface area contributed by atoms with E-state index in [-0.39, 0.29) is 11.8 Å². The Hall–Kier alpha value is -2.56. The van der Waals surface area contributed by atoms with Crippen molar-refractivity contribution in [2.24, 2.45) is 5.92 Å². The smallest absolute Gasteiger partial charge is 0.227 e. The highest BCUT2D eigenvalue weighted by Crippen LogP contribution is 2.25. The van der Waals surface area contributed by atoms with E-state index in [1.165, 1.54) is 12.0 Å². The second-order valence-electron chi connectivity index (χ2n) is 6.74. The second-order valence-corrected chi connectivity index (χ2v) is 6.74. The third-order valence-electron chi connectivity index (χ3n) is 4.90. The van der Waals surface area contributed by atoms with E-state index in [1.807, 2.05) is 30.3 Å². The maximum absolute atomic E-state index is 12.3. The molecule has 138 valence electrons. The van der Waals surface area contributed by atoms with Gasteiger partial charge in [0.05, 0.1) is 19.0 Å². The van der Waals surface area contributed by atoms with Crippen molar-refractivity contribution in [2.45, 2.75) is 38.5 Å². The molecule has 0 aliphatic heterocycles. The number of hydrogen-bond acceptors (Lipinski definition) is 4. The Morgan fingerprint density at radius 2 is 1.96 bits per heavy atom. The predicted molar refractivity (Wildman–Crippen MR) is 105 cm³/mol. The molecule has 26 heavy (non-hydrogen) atoms. The van der Waals surface area contributed by atoms with Crippen molar-refractivity contribution in [2.75, 3.05) is 24.3 Å². The van der Waals surface area contributed by atoms with Crippen LogP contribution in [0.3, 0.4) is 0 Å². The third kappa shape index (κ3) is 4.97. The summed E-state index contributed by atoms with van der Waals surface area (Å²) >= 11 is 0. The minimum Gasteiger partial charge on any atom is -0.496 e. The van der Waals surface area contributed by atoms with E-state index in [0.717, 1.165) is 55.9 Å². The van der Waals surface area contributed by atoms with Crippen LogP contribution in [0.4, 0.5) is 11.5 Å². The molecule has 1 saturated carbocycles. The number of aromatic nitrogens is 1. The molecule has 3 rings (SSSR count). The van der Waals surface area contributed by atoms with Gasteiger partial charge in [0.15, 0.2) is 0 Å². The van der Waals surface area contributed by atoms with Crippen LogP contribution in [0, 0.1) is 5.92 Å². The molecule has 0 bridgehead atoms. The number of rotatable bonds is 7. The van der Waals surface area contributed by atoms with Gasteiger partial charge in [0.1, 0.15) is 11.6 Å². The van der Waals surface area contributed by atoms with Crippen LogP contribution >= 0.6 is 0 Å². The first-order chi connectivity index (χ1) is 12.8. The lowest BCUT2D eigenvalue weighted by Gasteiger charge is -2.20. The number of nitrogens with zero attached hydrogens (tertiary/aromatic N) is 1. The molecule has 2 aromatic rings. The molecule has 1 aliphatic carbocycles. The largest absolute Gasteiger partial charge is 0.496 e. The van der Waals surface area contributed by atoms with Gasteiger partial charge in [-0.15, -0.1) is 0 Å². The van der Waals surface area contributed by atoms with E-state index >= 15 is 0 Å². The number of carbonyl (C=O) groups is 1. The molecule has 0 saturated heterocycles. The highest BCUT2D eigenvalue weighted by molar-refractivity contribution is 5.92. The zero-order chi connectivity index (χ0) is 18.2. The number of para-hydroxylation sites is 1. The van der Waals surface area contributed by atoms with Crippen LogP contribution in [0.15, 0.2) is 42.6 Å². The monoisotopic (exact) mass is 353 g/mol. The Kier molecular flexibility index (Phi) is 6.47. The number of hydrogen-bond donors (Lipinski definition) is 2. The quantitative estimate of drug-likeness (QED) is 0.780. The fourth-order valence-electron chi connectivity index (χ4n) is 3.42. The Balaban J connectivity index is 1.47. The molecule has 5 nitrogen and oxygen atoms in total. The third-order valence-corrected chi connectivity index (χ3v) is 4.90. The fraction of sp³-hybridized carbons (Fsp3) is 0.429. The lowest BCUT2D eigenvalue weighted by Crippen LogP contribution is -2.24. The van der Waals surface area contributed by atoms with Crippen LogP contribution in [-0.2, 0) is 11.2 Å². The van der Waals surface area contributed by atoms with Gasteiger partial charge in [-0.1, -0.05) is 37.5 Å². The van der Waals surface area contributed by atoms with Gasteiger partial charge < -0.3 is 15.4 Å². The van der Waals surface area contributed by atoms with Gasteiger partial charge in [-0.25, -0.2) is 4.98 Å². The summed E-state index contributed by atoms with van der Waals surface area (Å²) in [6.07, 6.45) is 8.14. The molecule has 0 spiro atoms. The summed E-state index contributed by atoms with van der Waals surface area (Å²) < 4.78 is 5.37. The summed E-state index contributed by atoms with van der Waals surface area (Å²) in [7, 11) is 1.69. The number of anilines is 2. The van der Waals surface area contributed by atoms with Crippen LogP contribution in [0.1, 0.15) is 37.7 Å². The molecule has 1 fully saturated rings. The van der Waals surface area contributed by atoms with Gasteiger partial charge in [-0.2, -0.15) is 0 Å². The van der Waals surface area contributed by atoms with Gasteiger partial charge in [-0.3, -0.25) is 4.79 Å². The van der Waals surface area contributed by atoms with Crippen LogP contribution in [0.25, 0.3) is 0 Å². The maximum atomic E-state index is 12.3. The molecule has 1 heterocycles. The summed E-state index contributed by atoms with van der Waals surface area (Å²) in [6, 6.07) is 11.8. The molecule has 1 amide bonds. The van der Waals surface area contributed by atoms with Gasteiger partial charge in [-0.05, 0) is 43.0 Å². The lowest BCUT2D eigenvalue weighted by molar-refractivity contribution is -0.120. The first kappa shape index (κ1) is 18.2. The van der Waals surface area contributed by atoms with Gasteiger partial charge >= 0.3 is 0 Å². The number of benzene rings is 1. The molecule has 5 heteroatoms. The minimum atomic E-state index is 0.128. The summed E-state index contributed by atoms with van der Waals surface area (Å²) in [5, 5.41) is 6.30. The van der Waals surface area contributed by atoms with E-state index in [0.29, 0.717) is 0 Å². The number of methoxy groups -OCH3 is 1. The Morgan fingerprint density at radius 3 is 2.69 bits per heavy atom. The highest BCUT2D eigenvalue weighted by Gasteiger charge is 2.21. The van der Waals surface area contributed by atoms with Crippen molar-refractivity contribution in [1.82, 2.24) is 4.98 Å². The Bertz CT molecular complexity index is 709. The van der Waals surface area contributed by atoms with Crippen LogP contribution in [0.5, 0.6) is 5.75 Å². The molecule has 0 atom stereocenters. The minimum absolute atomic E-state index is 0.128. The number of carbonyl (C=O) groups excluding carboxylic acids is 1.